The van der Waals surface area contributed by atoms with Crippen LogP contribution in [0.25, 0.3) is 0 Å². The van der Waals surface area contributed by atoms with E-state index in [0.29, 0.717) is 35.7 Å². The normalized spacial score (nSPS) is 13.5. The molecule has 4 N–H and O–H groups in total. The van der Waals surface area contributed by atoms with E-state index in [1.807, 2.05) is 6.07 Å². The van der Waals surface area contributed by atoms with Gasteiger partial charge in [0.05, 0.1) is 17.4 Å². The van der Waals surface area contributed by atoms with Gasteiger partial charge in [-0.3, -0.25) is 9.59 Å². The molecule has 0 aliphatic heterocycles. The van der Waals surface area contributed by atoms with E-state index in [0.717, 1.165) is 12.8 Å². The molecule has 2 amide bonds. The SMILES string of the molecule is Cl.NCCNC(=O)c1ccccc1NC(=O)c1cccc(OC2CCCC2)c1. The minimum atomic E-state index is -0.286. The largest absolute Gasteiger partial charge is 0.490 e. The predicted molar refractivity (Wildman–Crippen MR) is 112 cm³/mol. The molecule has 0 spiro atoms. The molecule has 28 heavy (non-hydrogen) atoms. The monoisotopic (exact) mass is 403 g/mol. The average molecular weight is 404 g/mol. The molecule has 0 saturated heterocycles. The van der Waals surface area contributed by atoms with Crippen molar-refractivity contribution >= 4 is 29.9 Å². The summed E-state index contributed by atoms with van der Waals surface area (Å²) in [7, 11) is 0. The van der Waals surface area contributed by atoms with Gasteiger partial charge in [-0.25, -0.2) is 0 Å². The summed E-state index contributed by atoms with van der Waals surface area (Å²) in [6, 6.07) is 14.0. The van der Waals surface area contributed by atoms with Crippen molar-refractivity contribution in [3.63, 3.8) is 0 Å². The van der Waals surface area contributed by atoms with Crippen LogP contribution in [0.3, 0.4) is 0 Å². The number of ether oxygens (including phenoxy) is 1. The van der Waals surface area contributed by atoms with Gasteiger partial charge < -0.3 is 21.1 Å². The number of para-hydroxylation sites is 1. The minimum absolute atomic E-state index is 0. The second kappa shape index (κ2) is 10.7. The Bertz CT molecular complexity index is 807. The molecule has 3 rings (SSSR count). The number of hydrogen-bond donors (Lipinski definition) is 3. The van der Waals surface area contributed by atoms with E-state index in [4.69, 9.17) is 10.5 Å². The fourth-order valence-corrected chi connectivity index (χ4v) is 3.17. The third-order valence-corrected chi connectivity index (χ3v) is 4.55. The molecule has 1 aliphatic carbocycles. The number of benzene rings is 2. The third-order valence-electron chi connectivity index (χ3n) is 4.55. The molecule has 6 nitrogen and oxygen atoms in total. The maximum Gasteiger partial charge on any atom is 0.255 e. The van der Waals surface area contributed by atoms with E-state index in [1.165, 1.54) is 12.8 Å². The average Bonchev–Trinajstić information content (AvgIpc) is 3.19. The van der Waals surface area contributed by atoms with E-state index in [2.05, 4.69) is 10.6 Å². The van der Waals surface area contributed by atoms with Gasteiger partial charge in [0.15, 0.2) is 0 Å². The second-order valence-electron chi connectivity index (χ2n) is 6.60. The molecule has 1 saturated carbocycles. The molecular weight excluding hydrogens is 378 g/mol. The van der Waals surface area contributed by atoms with Gasteiger partial charge in [-0.05, 0) is 56.0 Å². The predicted octanol–water partition coefficient (Wildman–Crippen LogP) is 3.37. The first-order chi connectivity index (χ1) is 13.2. The van der Waals surface area contributed by atoms with E-state index in [-0.39, 0.29) is 30.3 Å². The Labute approximate surface area is 171 Å². The molecule has 0 heterocycles. The second-order valence-corrected chi connectivity index (χ2v) is 6.60. The molecule has 0 unspecified atom stereocenters. The van der Waals surface area contributed by atoms with Gasteiger partial charge in [0.1, 0.15) is 5.75 Å². The van der Waals surface area contributed by atoms with Crippen LogP contribution in [0.1, 0.15) is 46.4 Å². The summed E-state index contributed by atoms with van der Waals surface area (Å²) in [5, 5.41) is 5.53. The Morgan fingerprint density at radius 3 is 2.54 bits per heavy atom. The van der Waals surface area contributed by atoms with E-state index < -0.39 is 0 Å². The number of nitrogens with two attached hydrogens (primary N) is 1. The van der Waals surface area contributed by atoms with Crippen molar-refractivity contribution < 1.29 is 14.3 Å². The van der Waals surface area contributed by atoms with Crippen LogP contribution >= 0.6 is 12.4 Å². The number of halogens is 1. The molecule has 1 aliphatic rings. The fraction of sp³-hybridized carbons (Fsp3) is 0.333. The van der Waals surface area contributed by atoms with Crippen molar-refractivity contribution in [3.05, 3.63) is 59.7 Å². The number of carbonyl (C=O) groups excluding carboxylic acids is 2. The first-order valence-electron chi connectivity index (χ1n) is 9.33. The Morgan fingerprint density at radius 1 is 1.04 bits per heavy atom. The number of nitrogens with one attached hydrogen (secondary N) is 2. The van der Waals surface area contributed by atoms with Crippen LogP contribution < -0.4 is 21.1 Å². The van der Waals surface area contributed by atoms with Crippen molar-refractivity contribution in [2.75, 3.05) is 18.4 Å². The zero-order valence-corrected chi connectivity index (χ0v) is 16.5. The van der Waals surface area contributed by atoms with Crippen LogP contribution in [-0.2, 0) is 0 Å². The Kier molecular flexibility index (Phi) is 8.29. The Morgan fingerprint density at radius 2 is 1.79 bits per heavy atom. The quantitative estimate of drug-likeness (QED) is 0.660. The molecule has 2 aromatic carbocycles. The van der Waals surface area contributed by atoms with Crippen molar-refractivity contribution in [1.82, 2.24) is 5.32 Å². The Hall–Kier alpha value is -2.57. The van der Waals surface area contributed by atoms with Crippen LogP contribution in [0.15, 0.2) is 48.5 Å². The molecule has 7 heteroatoms. The highest BCUT2D eigenvalue weighted by Gasteiger charge is 2.18. The van der Waals surface area contributed by atoms with Crippen molar-refractivity contribution in [2.24, 2.45) is 5.73 Å². The van der Waals surface area contributed by atoms with Crippen molar-refractivity contribution in [3.8, 4) is 5.75 Å². The van der Waals surface area contributed by atoms with Gasteiger partial charge in [-0.2, -0.15) is 0 Å². The standard InChI is InChI=1S/C21H25N3O3.ClH/c22-12-13-23-21(26)18-10-3-4-11-19(18)24-20(25)15-6-5-9-17(14-15)27-16-7-1-2-8-16;/h3-6,9-11,14,16H,1-2,7-8,12-13,22H2,(H,23,26)(H,24,25);1H. The van der Waals surface area contributed by atoms with E-state index in [1.54, 1.807) is 42.5 Å². The summed E-state index contributed by atoms with van der Waals surface area (Å²) < 4.78 is 5.97. The summed E-state index contributed by atoms with van der Waals surface area (Å²) in [6.07, 6.45) is 4.72. The Balaban J connectivity index is 0.00000280. The van der Waals surface area contributed by atoms with Gasteiger partial charge >= 0.3 is 0 Å². The summed E-state index contributed by atoms with van der Waals surface area (Å²) in [5.41, 5.74) is 6.77. The first kappa shape index (κ1) is 21.7. The lowest BCUT2D eigenvalue weighted by atomic mass is 10.1. The number of rotatable bonds is 7. The molecule has 0 bridgehead atoms. The summed E-state index contributed by atoms with van der Waals surface area (Å²) in [4.78, 5) is 24.9. The highest BCUT2D eigenvalue weighted by molar-refractivity contribution is 6.09. The number of hydrogen-bond acceptors (Lipinski definition) is 4. The van der Waals surface area contributed by atoms with Crippen LogP contribution in [0.5, 0.6) is 5.75 Å². The van der Waals surface area contributed by atoms with Crippen molar-refractivity contribution in [2.45, 2.75) is 31.8 Å². The maximum absolute atomic E-state index is 12.7. The van der Waals surface area contributed by atoms with Crippen LogP contribution in [-0.4, -0.2) is 31.0 Å². The summed E-state index contributed by atoms with van der Waals surface area (Å²) in [5.74, 6) is 0.143. The minimum Gasteiger partial charge on any atom is -0.490 e. The van der Waals surface area contributed by atoms with Crippen LogP contribution in [0.2, 0.25) is 0 Å². The lowest BCUT2D eigenvalue weighted by Gasteiger charge is -2.14. The van der Waals surface area contributed by atoms with Crippen molar-refractivity contribution in [1.29, 1.82) is 0 Å². The molecule has 0 radical (unpaired) electrons. The van der Waals surface area contributed by atoms with Gasteiger partial charge in [0, 0.05) is 18.7 Å². The van der Waals surface area contributed by atoms with Gasteiger partial charge in [0.2, 0.25) is 0 Å². The number of carbonyl (C=O) groups is 2. The highest BCUT2D eigenvalue weighted by atomic mass is 35.5. The molecule has 150 valence electrons. The zero-order chi connectivity index (χ0) is 19.1. The first-order valence-corrected chi connectivity index (χ1v) is 9.33. The smallest absolute Gasteiger partial charge is 0.255 e. The van der Waals surface area contributed by atoms with Crippen LogP contribution in [0, 0.1) is 0 Å². The van der Waals surface area contributed by atoms with Gasteiger partial charge in [-0.15, -0.1) is 12.4 Å². The molecular formula is C21H26ClN3O3. The maximum atomic E-state index is 12.7. The summed E-state index contributed by atoms with van der Waals surface area (Å²) in [6.45, 7) is 0.732. The van der Waals surface area contributed by atoms with Gasteiger partial charge in [-0.1, -0.05) is 18.2 Å². The fourth-order valence-electron chi connectivity index (χ4n) is 3.17. The van der Waals surface area contributed by atoms with E-state index in [9.17, 15) is 9.59 Å². The number of anilines is 1. The zero-order valence-electron chi connectivity index (χ0n) is 15.6. The third kappa shape index (κ3) is 5.71. The molecule has 2 aromatic rings. The lowest BCUT2D eigenvalue weighted by molar-refractivity contribution is 0.0955. The molecule has 1 fully saturated rings. The van der Waals surface area contributed by atoms with Gasteiger partial charge in [0.25, 0.3) is 11.8 Å². The molecule has 0 aromatic heterocycles. The molecule has 0 atom stereocenters. The van der Waals surface area contributed by atoms with Crippen LogP contribution in [0.4, 0.5) is 5.69 Å². The van der Waals surface area contributed by atoms with E-state index >= 15 is 0 Å². The topological polar surface area (TPSA) is 93.5 Å². The number of amides is 2. The lowest BCUT2D eigenvalue weighted by Crippen LogP contribution is -2.30. The highest BCUT2D eigenvalue weighted by Crippen LogP contribution is 2.25. The summed E-state index contributed by atoms with van der Waals surface area (Å²) >= 11 is 0.